The van der Waals surface area contributed by atoms with E-state index in [9.17, 15) is 9.59 Å². The van der Waals surface area contributed by atoms with Crippen molar-refractivity contribution in [2.75, 3.05) is 0 Å². The quantitative estimate of drug-likeness (QED) is 0.404. The molecule has 15 heavy (non-hydrogen) atoms. The third kappa shape index (κ3) is 2.94. The molecule has 0 aromatic carbocycles. The van der Waals surface area contributed by atoms with Gasteiger partial charge < -0.3 is 10.2 Å². The lowest BCUT2D eigenvalue weighted by Crippen LogP contribution is -2.33. The minimum Gasteiger partial charge on any atom is -0.460 e. The Kier molecular flexibility index (Phi) is 3.22. The molecule has 3 N–H and O–H groups in total. The minimum atomic E-state index is -1.08. The number of primary amides is 1. The van der Waals surface area contributed by atoms with E-state index >= 15 is 0 Å². The number of carbonyl (C=O) groups is 2. The number of carbonyl (C=O) groups excluding carboxylic acids is 2. The average molecular weight is 209 g/mol. The number of furan rings is 1. The van der Waals surface area contributed by atoms with Gasteiger partial charge >= 0.3 is 11.8 Å². The molecule has 1 aromatic rings. The molecule has 80 valence electrons. The van der Waals surface area contributed by atoms with Crippen molar-refractivity contribution in [1.82, 2.24) is 5.43 Å². The van der Waals surface area contributed by atoms with Crippen molar-refractivity contribution < 1.29 is 14.0 Å². The van der Waals surface area contributed by atoms with Gasteiger partial charge in [0.2, 0.25) is 0 Å². The highest BCUT2D eigenvalue weighted by Gasteiger charge is 2.08. The molecule has 0 saturated carbocycles. The highest BCUT2D eigenvalue weighted by Crippen LogP contribution is 2.06. The van der Waals surface area contributed by atoms with Crippen LogP contribution >= 0.6 is 0 Å². The van der Waals surface area contributed by atoms with Crippen LogP contribution < -0.4 is 11.2 Å². The van der Waals surface area contributed by atoms with Crippen LogP contribution in [0, 0.1) is 6.92 Å². The molecule has 0 aliphatic rings. The first-order valence-corrected chi connectivity index (χ1v) is 4.21. The Bertz CT molecular complexity index is 420. The summed E-state index contributed by atoms with van der Waals surface area (Å²) in [5, 5.41) is 3.65. The lowest BCUT2D eigenvalue weighted by molar-refractivity contribution is -0.137. The Morgan fingerprint density at radius 3 is 2.60 bits per heavy atom. The summed E-state index contributed by atoms with van der Waals surface area (Å²) in [4.78, 5) is 21.1. The molecule has 0 fully saturated rings. The molecular weight excluding hydrogens is 198 g/mol. The zero-order chi connectivity index (χ0) is 11.4. The van der Waals surface area contributed by atoms with Gasteiger partial charge in [-0.1, -0.05) is 0 Å². The summed E-state index contributed by atoms with van der Waals surface area (Å²) in [5.41, 5.74) is 7.18. The van der Waals surface area contributed by atoms with Crippen LogP contribution in [0.2, 0.25) is 0 Å². The number of aryl methyl sites for hydroxylation is 1. The van der Waals surface area contributed by atoms with E-state index in [1.165, 1.54) is 0 Å². The number of rotatable bonds is 2. The van der Waals surface area contributed by atoms with E-state index in [0.29, 0.717) is 11.5 Å². The van der Waals surface area contributed by atoms with Crippen LogP contribution in [0.4, 0.5) is 0 Å². The maximum Gasteiger partial charge on any atom is 0.329 e. The summed E-state index contributed by atoms with van der Waals surface area (Å²) < 4.78 is 5.24. The minimum absolute atomic E-state index is 0.456. The standard InChI is InChI=1S/C9H11N3O3/c1-5-3-4-7(15-5)6(2)11-12-9(14)8(10)13/h3-4H,1-2H3,(H2,10,13)(H,12,14). The topological polar surface area (TPSA) is 97.7 Å². The van der Waals surface area contributed by atoms with Crippen molar-refractivity contribution >= 4 is 17.5 Å². The molecule has 1 aromatic heterocycles. The summed E-state index contributed by atoms with van der Waals surface area (Å²) in [7, 11) is 0. The summed E-state index contributed by atoms with van der Waals surface area (Å²) in [5.74, 6) is -0.780. The Hall–Kier alpha value is -2.11. The Morgan fingerprint density at radius 2 is 2.13 bits per heavy atom. The molecule has 0 atom stereocenters. The van der Waals surface area contributed by atoms with E-state index in [-0.39, 0.29) is 0 Å². The van der Waals surface area contributed by atoms with Crippen LogP contribution in [0.5, 0.6) is 0 Å². The van der Waals surface area contributed by atoms with E-state index in [0.717, 1.165) is 5.76 Å². The smallest absolute Gasteiger partial charge is 0.329 e. The van der Waals surface area contributed by atoms with Crippen LogP contribution in [0.15, 0.2) is 21.7 Å². The van der Waals surface area contributed by atoms with Crippen LogP contribution in [-0.4, -0.2) is 17.5 Å². The molecule has 0 radical (unpaired) electrons. The first-order chi connectivity index (χ1) is 7.00. The van der Waals surface area contributed by atoms with Crippen LogP contribution in [0.25, 0.3) is 0 Å². The summed E-state index contributed by atoms with van der Waals surface area (Å²) >= 11 is 0. The van der Waals surface area contributed by atoms with Crippen molar-refractivity contribution in [3.05, 3.63) is 23.7 Å². The second-order valence-corrected chi connectivity index (χ2v) is 2.91. The zero-order valence-corrected chi connectivity index (χ0v) is 8.40. The van der Waals surface area contributed by atoms with Gasteiger partial charge in [-0.3, -0.25) is 9.59 Å². The van der Waals surface area contributed by atoms with E-state index in [1.807, 2.05) is 5.43 Å². The molecule has 1 rings (SSSR count). The highest BCUT2D eigenvalue weighted by molar-refractivity contribution is 6.34. The molecule has 0 bridgehead atoms. The normalized spacial score (nSPS) is 11.2. The van der Waals surface area contributed by atoms with Crippen LogP contribution in [0.1, 0.15) is 18.4 Å². The zero-order valence-electron chi connectivity index (χ0n) is 8.40. The third-order valence-corrected chi connectivity index (χ3v) is 1.65. The number of amides is 2. The van der Waals surface area contributed by atoms with Gasteiger partial charge in [0.05, 0.1) is 0 Å². The molecule has 0 unspecified atom stereocenters. The van der Waals surface area contributed by atoms with Gasteiger partial charge in [0.15, 0.2) is 0 Å². The predicted octanol–water partition coefficient (Wildman–Crippen LogP) is -0.0865. The number of hydrogen-bond donors (Lipinski definition) is 2. The lowest BCUT2D eigenvalue weighted by atomic mass is 10.3. The maximum absolute atomic E-state index is 10.8. The lowest BCUT2D eigenvalue weighted by Gasteiger charge is -1.97. The van der Waals surface area contributed by atoms with Crippen LogP contribution in [-0.2, 0) is 9.59 Å². The van der Waals surface area contributed by atoms with Crippen molar-refractivity contribution in [2.24, 2.45) is 10.8 Å². The summed E-state index contributed by atoms with van der Waals surface area (Å²) in [6.07, 6.45) is 0. The second-order valence-electron chi connectivity index (χ2n) is 2.91. The summed E-state index contributed by atoms with van der Waals surface area (Å²) in [6, 6.07) is 3.48. The molecule has 0 saturated heterocycles. The largest absolute Gasteiger partial charge is 0.460 e. The SMILES string of the molecule is CC(=NNC(=O)C(N)=O)c1ccc(C)o1. The molecule has 0 aliphatic carbocycles. The van der Waals surface area contributed by atoms with Gasteiger partial charge in [0, 0.05) is 0 Å². The van der Waals surface area contributed by atoms with Crippen LogP contribution in [0.3, 0.4) is 0 Å². The Morgan fingerprint density at radius 1 is 1.47 bits per heavy atom. The fourth-order valence-electron chi connectivity index (χ4n) is 0.874. The monoisotopic (exact) mass is 209 g/mol. The molecule has 0 spiro atoms. The summed E-state index contributed by atoms with van der Waals surface area (Å²) in [6.45, 7) is 3.43. The number of nitrogens with one attached hydrogen (secondary N) is 1. The van der Waals surface area contributed by atoms with E-state index < -0.39 is 11.8 Å². The Labute approximate surface area is 86.1 Å². The second kappa shape index (κ2) is 4.41. The van der Waals surface area contributed by atoms with Gasteiger partial charge in [-0.2, -0.15) is 5.10 Å². The van der Waals surface area contributed by atoms with Gasteiger partial charge in [-0.15, -0.1) is 0 Å². The first-order valence-electron chi connectivity index (χ1n) is 4.21. The van der Waals surface area contributed by atoms with Crippen molar-refractivity contribution in [3.8, 4) is 0 Å². The fourth-order valence-corrected chi connectivity index (χ4v) is 0.874. The molecule has 2 amide bonds. The van der Waals surface area contributed by atoms with E-state index in [4.69, 9.17) is 10.2 Å². The molecule has 6 heteroatoms. The fraction of sp³-hybridized carbons (Fsp3) is 0.222. The first kappa shape index (κ1) is 11.0. The van der Waals surface area contributed by atoms with E-state index in [2.05, 4.69) is 5.10 Å². The highest BCUT2D eigenvalue weighted by atomic mass is 16.3. The number of hydrogen-bond acceptors (Lipinski definition) is 4. The predicted molar refractivity (Wildman–Crippen MR) is 53.0 cm³/mol. The van der Waals surface area contributed by atoms with Crippen molar-refractivity contribution in [2.45, 2.75) is 13.8 Å². The van der Waals surface area contributed by atoms with E-state index in [1.54, 1.807) is 26.0 Å². The number of hydrazone groups is 1. The molecule has 6 nitrogen and oxygen atoms in total. The molecular formula is C9H11N3O3. The number of nitrogens with two attached hydrogens (primary N) is 1. The van der Waals surface area contributed by atoms with Gasteiger partial charge in [-0.25, -0.2) is 5.43 Å². The maximum atomic E-state index is 10.8. The van der Waals surface area contributed by atoms with Crippen molar-refractivity contribution in [1.29, 1.82) is 0 Å². The van der Waals surface area contributed by atoms with Gasteiger partial charge in [-0.05, 0) is 26.0 Å². The average Bonchev–Trinajstić information content (AvgIpc) is 2.60. The molecule has 0 aliphatic heterocycles. The Balaban J connectivity index is 2.69. The van der Waals surface area contributed by atoms with Gasteiger partial charge in [0.25, 0.3) is 0 Å². The van der Waals surface area contributed by atoms with Crippen molar-refractivity contribution in [3.63, 3.8) is 0 Å². The molecule has 1 heterocycles. The van der Waals surface area contributed by atoms with Gasteiger partial charge in [0.1, 0.15) is 17.2 Å². The third-order valence-electron chi connectivity index (χ3n) is 1.65. The number of nitrogens with zero attached hydrogens (tertiary/aromatic N) is 1.